The van der Waals surface area contributed by atoms with E-state index in [0.29, 0.717) is 24.3 Å². The van der Waals surface area contributed by atoms with E-state index in [0.717, 1.165) is 0 Å². The number of carbonyl (C=O) groups is 3. The van der Waals surface area contributed by atoms with E-state index in [4.69, 9.17) is 14.2 Å². The van der Waals surface area contributed by atoms with Crippen LogP contribution in [-0.4, -0.2) is 78.4 Å². The van der Waals surface area contributed by atoms with Crippen LogP contribution in [0.1, 0.15) is 19.8 Å². The van der Waals surface area contributed by atoms with Crippen molar-refractivity contribution in [2.24, 2.45) is 11.8 Å². The van der Waals surface area contributed by atoms with Crippen LogP contribution in [0.3, 0.4) is 0 Å². The monoisotopic (exact) mass is 482 g/mol. The zero-order valence-electron chi connectivity index (χ0n) is 19.9. The van der Waals surface area contributed by atoms with Crippen molar-refractivity contribution in [3.63, 3.8) is 0 Å². The van der Waals surface area contributed by atoms with Crippen molar-refractivity contribution < 1.29 is 33.7 Å². The molecular formula is C26H30N2O7. The van der Waals surface area contributed by atoms with E-state index in [1.54, 1.807) is 49.3 Å². The largest absolute Gasteiger partial charge is 0.497 e. The van der Waals surface area contributed by atoms with Crippen molar-refractivity contribution in [1.29, 1.82) is 0 Å². The van der Waals surface area contributed by atoms with Crippen LogP contribution in [0.15, 0.2) is 48.6 Å². The Morgan fingerprint density at radius 3 is 2.57 bits per heavy atom. The molecule has 4 heterocycles. The molecule has 186 valence electrons. The molecule has 1 N–H and O–H groups in total. The molecule has 4 aliphatic rings. The highest BCUT2D eigenvalue weighted by Gasteiger charge is 2.74. The van der Waals surface area contributed by atoms with Gasteiger partial charge >= 0.3 is 5.97 Å². The van der Waals surface area contributed by atoms with Crippen LogP contribution in [-0.2, 0) is 23.9 Å². The van der Waals surface area contributed by atoms with Crippen molar-refractivity contribution in [2.75, 3.05) is 38.3 Å². The summed E-state index contributed by atoms with van der Waals surface area (Å²) >= 11 is 0. The third-order valence-corrected chi connectivity index (χ3v) is 7.48. The molecule has 9 nitrogen and oxygen atoms in total. The number of aliphatic hydroxyl groups is 1. The van der Waals surface area contributed by atoms with E-state index in [2.05, 4.69) is 0 Å². The Labute approximate surface area is 203 Å². The minimum Gasteiger partial charge on any atom is -0.497 e. The Morgan fingerprint density at radius 1 is 1.09 bits per heavy atom. The Hall–Kier alpha value is -3.17. The molecule has 0 radical (unpaired) electrons. The second-order valence-electron chi connectivity index (χ2n) is 9.51. The van der Waals surface area contributed by atoms with Gasteiger partial charge in [0.1, 0.15) is 23.3 Å². The quantitative estimate of drug-likeness (QED) is 0.512. The number of ether oxygens (including phenoxy) is 3. The van der Waals surface area contributed by atoms with E-state index in [-0.39, 0.29) is 32.2 Å². The van der Waals surface area contributed by atoms with E-state index < -0.39 is 41.0 Å². The predicted molar refractivity (Wildman–Crippen MR) is 126 cm³/mol. The number of fused-ring (bicyclic) bond motifs is 2. The second-order valence-corrected chi connectivity index (χ2v) is 9.51. The number of amides is 2. The second kappa shape index (κ2) is 8.80. The van der Waals surface area contributed by atoms with Gasteiger partial charge in [0.15, 0.2) is 0 Å². The van der Waals surface area contributed by atoms with Gasteiger partial charge in [-0.2, -0.15) is 0 Å². The predicted octanol–water partition coefficient (Wildman–Crippen LogP) is 1.45. The molecule has 1 aromatic rings. The molecule has 0 aliphatic carbocycles. The molecule has 0 bridgehead atoms. The van der Waals surface area contributed by atoms with Crippen LogP contribution < -0.4 is 9.64 Å². The summed E-state index contributed by atoms with van der Waals surface area (Å²) in [5.41, 5.74) is -1.85. The molecule has 9 heteroatoms. The van der Waals surface area contributed by atoms with Gasteiger partial charge in [-0.05, 0) is 44.0 Å². The van der Waals surface area contributed by atoms with E-state index in [1.165, 1.54) is 4.90 Å². The lowest BCUT2D eigenvalue weighted by Crippen LogP contribution is -2.56. The number of aliphatic hydroxyl groups excluding tert-OH is 1. The van der Waals surface area contributed by atoms with Crippen LogP contribution in [0.2, 0.25) is 0 Å². The first-order valence-corrected chi connectivity index (χ1v) is 12.0. The van der Waals surface area contributed by atoms with Gasteiger partial charge in [0, 0.05) is 18.8 Å². The van der Waals surface area contributed by atoms with Crippen molar-refractivity contribution >= 4 is 23.5 Å². The number of esters is 1. The van der Waals surface area contributed by atoms with Crippen molar-refractivity contribution in [2.45, 2.75) is 37.0 Å². The van der Waals surface area contributed by atoms with Crippen LogP contribution in [0.4, 0.5) is 5.69 Å². The lowest BCUT2D eigenvalue weighted by molar-refractivity contribution is -0.158. The number of allylic oxidation sites excluding steroid dienone is 1. The van der Waals surface area contributed by atoms with Gasteiger partial charge in [-0.25, -0.2) is 0 Å². The number of rotatable bonds is 4. The molecule has 1 aromatic carbocycles. The van der Waals surface area contributed by atoms with Gasteiger partial charge in [-0.1, -0.05) is 24.3 Å². The van der Waals surface area contributed by atoms with Gasteiger partial charge in [0.05, 0.1) is 31.8 Å². The number of anilines is 1. The number of methoxy groups -OCH3 is 1. The lowest BCUT2D eigenvalue weighted by Gasteiger charge is -2.37. The SMILES string of the molecule is COc1ccc(N2CC=C[C@]34O[C@]5(C)/C=C\CCCOC(=O)[C@@H]5[C@H]3C(=O)N(CCO)C4C2=O)cc1. The van der Waals surface area contributed by atoms with Crippen LogP contribution in [0.5, 0.6) is 5.75 Å². The average molecular weight is 483 g/mol. The fourth-order valence-electron chi connectivity index (χ4n) is 5.98. The van der Waals surface area contributed by atoms with Gasteiger partial charge in [-0.3, -0.25) is 14.4 Å². The fraction of sp³-hybridized carbons (Fsp3) is 0.500. The number of cyclic esters (lactones) is 1. The van der Waals surface area contributed by atoms with Gasteiger partial charge in [0.2, 0.25) is 5.91 Å². The smallest absolute Gasteiger partial charge is 0.313 e. The van der Waals surface area contributed by atoms with Crippen molar-refractivity contribution in [3.8, 4) is 5.75 Å². The molecule has 2 amide bonds. The van der Waals surface area contributed by atoms with E-state index in [9.17, 15) is 19.5 Å². The molecule has 0 saturated carbocycles. The van der Waals surface area contributed by atoms with Crippen LogP contribution in [0.25, 0.3) is 0 Å². The number of nitrogens with zero attached hydrogens (tertiary/aromatic N) is 2. The molecular weight excluding hydrogens is 452 g/mol. The lowest BCUT2D eigenvalue weighted by atomic mass is 9.74. The summed E-state index contributed by atoms with van der Waals surface area (Å²) in [5.74, 6) is -2.44. The number of hydrogen-bond donors (Lipinski definition) is 1. The van der Waals surface area contributed by atoms with Gasteiger partial charge < -0.3 is 29.1 Å². The fourth-order valence-corrected chi connectivity index (χ4v) is 5.98. The van der Waals surface area contributed by atoms with Crippen molar-refractivity contribution in [1.82, 2.24) is 4.90 Å². The Kier molecular flexibility index (Phi) is 5.93. The molecule has 35 heavy (non-hydrogen) atoms. The first kappa shape index (κ1) is 23.6. The molecule has 5 atom stereocenters. The Balaban J connectivity index is 1.62. The van der Waals surface area contributed by atoms with E-state index >= 15 is 0 Å². The maximum absolute atomic E-state index is 14.1. The third-order valence-electron chi connectivity index (χ3n) is 7.48. The normalized spacial score (nSPS) is 35.3. The maximum atomic E-state index is 14.1. The molecule has 1 unspecified atom stereocenters. The van der Waals surface area contributed by atoms with Gasteiger partial charge in [0.25, 0.3) is 5.91 Å². The molecule has 1 spiro atoms. The summed E-state index contributed by atoms with van der Waals surface area (Å²) in [6.07, 6.45) is 8.76. The highest BCUT2D eigenvalue weighted by molar-refractivity contribution is 6.05. The summed E-state index contributed by atoms with van der Waals surface area (Å²) in [4.78, 5) is 44.1. The van der Waals surface area contributed by atoms with Crippen molar-refractivity contribution in [3.05, 3.63) is 48.6 Å². The first-order chi connectivity index (χ1) is 16.9. The van der Waals surface area contributed by atoms with Crippen LogP contribution in [0, 0.1) is 11.8 Å². The summed E-state index contributed by atoms with van der Waals surface area (Å²) in [6, 6.07) is 6.05. The molecule has 2 saturated heterocycles. The highest BCUT2D eigenvalue weighted by atomic mass is 16.6. The summed E-state index contributed by atoms with van der Waals surface area (Å²) in [6.45, 7) is 1.93. The molecule has 4 aliphatic heterocycles. The zero-order valence-corrected chi connectivity index (χ0v) is 19.9. The summed E-state index contributed by atoms with van der Waals surface area (Å²) in [5, 5.41) is 9.75. The number of β-amino-alcohol motifs (C(OH)–C–C–N with tert-alkyl or cyclic N) is 1. The zero-order chi connectivity index (χ0) is 24.8. The highest BCUT2D eigenvalue weighted by Crippen LogP contribution is 2.57. The number of likely N-dealkylation sites (tertiary alicyclic amines) is 1. The molecule has 0 aromatic heterocycles. The summed E-state index contributed by atoms with van der Waals surface area (Å²) in [7, 11) is 1.57. The standard InChI is InChI=1S/C26H30N2O7/c1-25-11-4-3-5-16-34-24(32)20(25)19-22(30)28(14-15-29)21-23(31)27(13-6-12-26(19,21)35-25)17-7-9-18(33-2)10-8-17/h4,6-12,19-21,29H,3,5,13-16H2,1-2H3/b11-4-/t19-,20-,21?,25+,26-/m0/s1. The Bertz CT molecular complexity index is 1080. The topological polar surface area (TPSA) is 106 Å². The summed E-state index contributed by atoms with van der Waals surface area (Å²) < 4.78 is 17.4. The number of carbonyl (C=O) groups excluding carboxylic acids is 3. The number of hydrogen-bond acceptors (Lipinski definition) is 7. The van der Waals surface area contributed by atoms with Crippen LogP contribution >= 0.6 is 0 Å². The average Bonchev–Trinajstić information content (AvgIpc) is 3.19. The minimum atomic E-state index is -1.37. The molecule has 5 rings (SSSR count). The number of benzene rings is 1. The molecule has 2 fully saturated rings. The maximum Gasteiger partial charge on any atom is 0.313 e. The van der Waals surface area contributed by atoms with E-state index in [1.807, 2.05) is 18.2 Å². The Morgan fingerprint density at radius 2 is 1.86 bits per heavy atom. The minimum absolute atomic E-state index is 0.0462. The van der Waals surface area contributed by atoms with Gasteiger partial charge in [-0.15, -0.1) is 0 Å². The third kappa shape index (κ3) is 3.56. The first-order valence-electron chi connectivity index (χ1n) is 12.0.